The van der Waals surface area contributed by atoms with Crippen molar-refractivity contribution >= 4 is 23.2 Å². The second-order valence-corrected chi connectivity index (χ2v) is 5.44. The van der Waals surface area contributed by atoms with Gasteiger partial charge >= 0.3 is 5.97 Å². The molecular weight excluding hydrogens is 278 g/mol. The van der Waals surface area contributed by atoms with Crippen LogP contribution < -0.4 is 5.32 Å². The number of aliphatic carboxylic acids is 1. The molecule has 0 aromatic carbocycles. The number of carboxylic acid groups (broad SMARTS) is 1. The Morgan fingerprint density at radius 2 is 2.05 bits per heavy atom. The first kappa shape index (κ1) is 16.7. The summed E-state index contributed by atoms with van der Waals surface area (Å²) in [5.41, 5.74) is 0.913. The predicted octanol–water partition coefficient (Wildman–Crippen LogP) is 2.66. The summed E-state index contributed by atoms with van der Waals surface area (Å²) >= 11 is 1.42. The molecule has 5 nitrogen and oxygen atoms in total. The van der Waals surface area contributed by atoms with Crippen LogP contribution in [0, 0.1) is 0 Å². The van der Waals surface area contributed by atoms with Crippen LogP contribution in [0.25, 0.3) is 0 Å². The molecule has 0 saturated carbocycles. The van der Waals surface area contributed by atoms with Crippen LogP contribution in [0.4, 0.5) is 0 Å². The third kappa shape index (κ3) is 6.16. The molecule has 0 bridgehead atoms. The lowest BCUT2D eigenvalue weighted by atomic mass is 10.1. The van der Waals surface area contributed by atoms with E-state index in [2.05, 4.69) is 5.32 Å². The second kappa shape index (κ2) is 9.50. The van der Waals surface area contributed by atoms with Crippen LogP contribution in [0.1, 0.15) is 47.3 Å². The third-order valence-corrected chi connectivity index (χ3v) is 3.81. The summed E-state index contributed by atoms with van der Waals surface area (Å²) in [6.07, 6.45) is 3.61. The molecule has 0 fully saturated rings. The first-order valence-electron chi connectivity index (χ1n) is 6.70. The van der Waals surface area contributed by atoms with E-state index in [0.29, 0.717) is 24.4 Å². The Labute approximate surface area is 123 Å². The zero-order chi connectivity index (χ0) is 14.8. The topological polar surface area (TPSA) is 75.6 Å². The Balaban J connectivity index is 2.17. The van der Waals surface area contributed by atoms with E-state index < -0.39 is 5.97 Å². The van der Waals surface area contributed by atoms with Crippen LogP contribution in [-0.4, -0.2) is 30.6 Å². The van der Waals surface area contributed by atoms with Gasteiger partial charge in [0.2, 0.25) is 0 Å². The standard InChI is InChI=1S/C14H21NO4S/c1-19-10-11-7-9-20-13(11)14(18)15-8-5-3-2-4-6-12(16)17/h7,9H,2-6,8,10H2,1H3,(H,15,18)(H,16,17). The normalized spacial score (nSPS) is 10.4. The SMILES string of the molecule is COCc1ccsc1C(=O)NCCCCCCC(=O)O. The molecular formula is C14H21NO4S. The molecule has 1 aromatic rings. The van der Waals surface area contributed by atoms with Crippen LogP contribution in [0.2, 0.25) is 0 Å². The highest BCUT2D eigenvalue weighted by atomic mass is 32.1. The predicted molar refractivity (Wildman–Crippen MR) is 78.1 cm³/mol. The van der Waals surface area contributed by atoms with Gasteiger partial charge in [0.25, 0.3) is 5.91 Å². The first-order chi connectivity index (χ1) is 9.65. The molecule has 0 radical (unpaired) electrons. The quantitative estimate of drug-likeness (QED) is 0.651. The van der Waals surface area contributed by atoms with Crippen molar-refractivity contribution in [2.75, 3.05) is 13.7 Å². The van der Waals surface area contributed by atoms with E-state index in [-0.39, 0.29) is 12.3 Å². The van der Waals surface area contributed by atoms with Crippen LogP contribution >= 0.6 is 11.3 Å². The van der Waals surface area contributed by atoms with Crippen LogP contribution in [0.15, 0.2) is 11.4 Å². The number of carbonyl (C=O) groups excluding carboxylic acids is 1. The minimum Gasteiger partial charge on any atom is -0.481 e. The maximum Gasteiger partial charge on any atom is 0.303 e. The van der Waals surface area contributed by atoms with Gasteiger partial charge in [0.05, 0.1) is 11.5 Å². The average Bonchev–Trinajstić information content (AvgIpc) is 2.86. The Bertz CT molecular complexity index is 431. The number of hydrogen-bond acceptors (Lipinski definition) is 4. The van der Waals surface area contributed by atoms with Gasteiger partial charge in [0.15, 0.2) is 0 Å². The number of thiophene rings is 1. The number of ether oxygens (including phenoxy) is 1. The van der Waals surface area contributed by atoms with Crippen molar-refractivity contribution in [3.05, 3.63) is 21.9 Å². The van der Waals surface area contributed by atoms with Gasteiger partial charge in [0, 0.05) is 25.6 Å². The number of methoxy groups -OCH3 is 1. The number of carboxylic acids is 1. The number of rotatable bonds is 10. The van der Waals surface area contributed by atoms with E-state index in [0.717, 1.165) is 24.8 Å². The van der Waals surface area contributed by atoms with E-state index in [1.165, 1.54) is 11.3 Å². The second-order valence-electron chi connectivity index (χ2n) is 4.52. The highest BCUT2D eigenvalue weighted by Gasteiger charge is 2.12. The summed E-state index contributed by atoms with van der Waals surface area (Å²) in [5.74, 6) is -0.806. The van der Waals surface area contributed by atoms with E-state index >= 15 is 0 Å². The van der Waals surface area contributed by atoms with Crippen LogP contribution in [0.3, 0.4) is 0 Å². The van der Waals surface area contributed by atoms with Gasteiger partial charge in [-0.15, -0.1) is 11.3 Å². The van der Waals surface area contributed by atoms with Crippen molar-refractivity contribution in [2.45, 2.75) is 38.7 Å². The van der Waals surface area contributed by atoms with Gasteiger partial charge in [0.1, 0.15) is 0 Å². The molecule has 0 aliphatic heterocycles. The lowest BCUT2D eigenvalue weighted by Crippen LogP contribution is -2.24. The molecule has 1 amide bonds. The van der Waals surface area contributed by atoms with Gasteiger partial charge in [-0.3, -0.25) is 9.59 Å². The summed E-state index contributed by atoms with van der Waals surface area (Å²) in [6.45, 7) is 1.07. The molecule has 2 N–H and O–H groups in total. The maximum absolute atomic E-state index is 11.9. The van der Waals surface area contributed by atoms with Gasteiger partial charge in [-0.05, 0) is 24.3 Å². The minimum absolute atomic E-state index is 0.0578. The van der Waals surface area contributed by atoms with E-state index in [9.17, 15) is 9.59 Å². The lowest BCUT2D eigenvalue weighted by molar-refractivity contribution is -0.137. The molecule has 6 heteroatoms. The van der Waals surface area contributed by atoms with Gasteiger partial charge in [-0.2, -0.15) is 0 Å². The van der Waals surface area contributed by atoms with Gasteiger partial charge in [-0.1, -0.05) is 12.8 Å². The maximum atomic E-state index is 11.9. The zero-order valence-corrected chi connectivity index (χ0v) is 12.5. The molecule has 0 atom stereocenters. The molecule has 0 unspecified atom stereocenters. The fourth-order valence-electron chi connectivity index (χ4n) is 1.84. The Kier molecular flexibility index (Phi) is 7.91. The Hall–Kier alpha value is -1.40. The first-order valence-corrected chi connectivity index (χ1v) is 7.58. The molecule has 112 valence electrons. The third-order valence-electron chi connectivity index (χ3n) is 2.86. The Morgan fingerprint density at radius 1 is 1.30 bits per heavy atom. The summed E-state index contributed by atoms with van der Waals surface area (Å²) in [5, 5.41) is 13.3. The lowest BCUT2D eigenvalue weighted by Gasteiger charge is -2.05. The van der Waals surface area contributed by atoms with Gasteiger partial charge < -0.3 is 15.2 Å². The van der Waals surface area contributed by atoms with E-state index in [1.807, 2.05) is 11.4 Å². The highest BCUT2D eigenvalue weighted by Crippen LogP contribution is 2.17. The summed E-state index contributed by atoms with van der Waals surface area (Å²) < 4.78 is 5.05. The molecule has 0 spiro atoms. The molecule has 1 rings (SSSR count). The zero-order valence-electron chi connectivity index (χ0n) is 11.7. The van der Waals surface area contributed by atoms with Crippen molar-refractivity contribution in [2.24, 2.45) is 0 Å². The molecule has 1 heterocycles. The number of hydrogen-bond donors (Lipinski definition) is 2. The fourth-order valence-corrected chi connectivity index (χ4v) is 2.67. The van der Waals surface area contributed by atoms with Crippen LogP contribution in [-0.2, 0) is 16.1 Å². The van der Waals surface area contributed by atoms with Crippen molar-refractivity contribution in [1.82, 2.24) is 5.32 Å². The molecule has 0 saturated heterocycles. The van der Waals surface area contributed by atoms with Crippen molar-refractivity contribution in [3.8, 4) is 0 Å². The average molecular weight is 299 g/mol. The van der Waals surface area contributed by atoms with Crippen molar-refractivity contribution in [1.29, 1.82) is 0 Å². The Morgan fingerprint density at radius 3 is 2.75 bits per heavy atom. The largest absolute Gasteiger partial charge is 0.481 e. The number of carbonyl (C=O) groups is 2. The molecule has 0 aliphatic carbocycles. The number of unbranched alkanes of at least 4 members (excludes halogenated alkanes) is 3. The highest BCUT2D eigenvalue weighted by molar-refractivity contribution is 7.12. The monoisotopic (exact) mass is 299 g/mol. The smallest absolute Gasteiger partial charge is 0.303 e. The van der Waals surface area contributed by atoms with E-state index in [4.69, 9.17) is 9.84 Å². The molecule has 1 aromatic heterocycles. The summed E-state index contributed by atoms with van der Waals surface area (Å²) in [4.78, 5) is 23.0. The minimum atomic E-state index is -0.748. The van der Waals surface area contributed by atoms with E-state index in [1.54, 1.807) is 7.11 Å². The molecule has 20 heavy (non-hydrogen) atoms. The summed E-state index contributed by atoms with van der Waals surface area (Å²) in [7, 11) is 1.61. The van der Waals surface area contributed by atoms with Crippen molar-refractivity contribution in [3.63, 3.8) is 0 Å². The van der Waals surface area contributed by atoms with Gasteiger partial charge in [-0.25, -0.2) is 0 Å². The summed E-state index contributed by atoms with van der Waals surface area (Å²) in [6, 6.07) is 1.90. The molecule has 0 aliphatic rings. The van der Waals surface area contributed by atoms with Crippen LogP contribution in [0.5, 0.6) is 0 Å². The fraction of sp³-hybridized carbons (Fsp3) is 0.571. The van der Waals surface area contributed by atoms with Crippen molar-refractivity contribution < 1.29 is 19.4 Å². The number of amides is 1. The number of nitrogens with one attached hydrogen (secondary N) is 1.